The number of hydrogen-bond donors (Lipinski definition) is 1. The Balaban J connectivity index is 1.56. The van der Waals surface area contributed by atoms with E-state index in [4.69, 9.17) is 4.98 Å². The van der Waals surface area contributed by atoms with E-state index < -0.39 is 0 Å². The van der Waals surface area contributed by atoms with Crippen LogP contribution in [0.5, 0.6) is 0 Å². The summed E-state index contributed by atoms with van der Waals surface area (Å²) in [7, 11) is 0. The van der Waals surface area contributed by atoms with Crippen LogP contribution in [-0.4, -0.2) is 15.5 Å². The van der Waals surface area contributed by atoms with Gasteiger partial charge in [0.05, 0.1) is 28.5 Å². The molecule has 0 aliphatic carbocycles. The molecule has 0 aliphatic heterocycles. The van der Waals surface area contributed by atoms with Gasteiger partial charge < -0.3 is 9.88 Å². The lowest BCUT2D eigenvalue weighted by Gasteiger charge is -2.17. The summed E-state index contributed by atoms with van der Waals surface area (Å²) in [6, 6.07) is 26.5. The number of aromatic nitrogens is 2. The van der Waals surface area contributed by atoms with E-state index in [1.54, 1.807) is 0 Å². The molecule has 5 aromatic rings. The molecule has 30 heavy (non-hydrogen) atoms. The topological polar surface area (TPSA) is 46.9 Å². The lowest BCUT2D eigenvalue weighted by molar-refractivity contribution is 0.0942. The maximum absolute atomic E-state index is 12.6. The van der Waals surface area contributed by atoms with Crippen molar-refractivity contribution in [1.82, 2.24) is 14.9 Å². The molecule has 5 rings (SSSR count). The van der Waals surface area contributed by atoms with E-state index in [2.05, 4.69) is 58.4 Å². The number of carbonyl (C=O) groups is 1. The first-order chi connectivity index (χ1) is 14.7. The van der Waals surface area contributed by atoms with Crippen LogP contribution in [0.2, 0.25) is 0 Å². The normalized spacial score (nSPS) is 12.3. The van der Waals surface area contributed by atoms with Gasteiger partial charge in [-0.05, 0) is 46.8 Å². The second-order valence-corrected chi connectivity index (χ2v) is 8.30. The van der Waals surface area contributed by atoms with E-state index >= 15 is 0 Å². The second-order valence-electron chi connectivity index (χ2n) is 7.36. The van der Waals surface area contributed by atoms with Gasteiger partial charge in [-0.25, -0.2) is 4.98 Å². The zero-order valence-electron chi connectivity index (χ0n) is 16.6. The number of nitrogens with one attached hydrogen (secondary N) is 1. The number of amides is 1. The minimum Gasteiger partial charge on any atom is -0.342 e. The van der Waals surface area contributed by atoms with Crippen molar-refractivity contribution in [2.45, 2.75) is 19.5 Å². The molecule has 1 amide bonds. The summed E-state index contributed by atoms with van der Waals surface area (Å²) in [6.07, 6.45) is 0. The highest BCUT2D eigenvalue weighted by Crippen LogP contribution is 2.26. The lowest BCUT2D eigenvalue weighted by atomic mass is 10.0. The molecule has 1 unspecified atom stereocenters. The minimum atomic E-state index is -0.220. The second kappa shape index (κ2) is 7.76. The number of para-hydroxylation sites is 2. The van der Waals surface area contributed by atoms with Crippen LogP contribution in [0.1, 0.15) is 34.0 Å². The first-order valence-electron chi connectivity index (χ1n) is 9.97. The summed E-state index contributed by atoms with van der Waals surface area (Å²) < 4.78 is 2.22. The van der Waals surface area contributed by atoms with Crippen LogP contribution in [0.3, 0.4) is 0 Å². The van der Waals surface area contributed by atoms with E-state index in [1.807, 2.05) is 42.6 Å². The molecule has 0 spiro atoms. The molecule has 0 saturated carbocycles. The van der Waals surface area contributed by atoms with Gasteiger partial charge >= 0.3 is 0 Å². The molecule has 0 radical (unpaired) electrons. The largest absolute Gasteiger partial charge is 0.342 e. The fourth-order valence-electron chi connectivity index (χ4n) is 3.93. The SMILES string of the molecule is CC(NC(=O)c1cccs1)c1nc2ccccc2n1Cc1cccc2ccccc12. The van der Waals surface area contributed by atoms with E-state index in [0.717, 1.165) is 16.9 Å². The molecule has 148 valence electrons. The first-order valence-corrected chi connectivity index (χ1v) is 10.8. The summed E-state index contributed by atoms with van der Waals surface area (Å²) in [4.78, 5) is 18.2. The maximum atomic E-state index is 12.6. The van der Waals surface area contributed by atoms with Gasteiger partial charge in [0.15, 0.2) is 0 Å². The fraction of sp³-hybridized carbons (Fsp3) is 0.120. The molecule has 2 aromatic heterocycles. The molecule has 3 aromatic carbocycles. The fourth-order valence-corrected chi connectivity index (χ4v) is 4.56. The van der Waals surface area contributed by atoms with Crippen molar-refractivity contribution >= 4 is 39.0 Å². The molecule has 1 N–H and O–H groups in total. The third-order valence-corrected chi connectivity index (χ3v) is 6.24. The van der Waals surface area contributed by atoms with Crippen LogP contribution in [0.4, 0.5) is 0 Å². The molecule has 1 atom stereocenters. The van der Waals surface area contributed by atoms with Gasteiger partial charge in [0.2, 0.25) is 0 Å². The number of rotatable bonds is 5. The molecule has 2 heterocycles. The summed E-state index contributed by atoms with van der Waals surface area (Å²) in [5.41, 5.74) is 3.23. The van der Waals surface area contributed by atoms with Crippen molar-refractivity contribution in [3.05, 3.63) is 101 Å². The number of benzene rings is 3. The van der Waals surface area contributed by atoms with Crippen LogP contribution in [0.25, 0.3) is 21.8 Å². The minimum absolute atomic E-state index is 0.0683. The summed E-state index contributed by atoms with van der Waals surface area (Å²) >= 11 is 1.44. The van der Waals surface area contributed by atoms with Crippen molar-refractivity contribution in [2.24, 2.45) is 0 Å². The third-order valence-electron chi connectivity index (χ3n) is 5.37. The third kappa shape index (κ3) is 3.37. The van der Waals surface area contributed by atoms with E-state index in [0.29, 0.717) is 11.4 Å². The zero-order valence-corrected chi connectivity index (χ0v) is 17.4. The predicted molar refractivity (Wildman–Crippen MR) is 123 cm³/mol. The van der Waals surface area contributed by atoms with Gasteiger partial charge in [-0.3, -0.25) is 4.79 Å². The van der Waals surface area contributed by atoms with Crippen LogP contribution < -0.4 is 5.32 Å². The highest BCUT2D eigenvalue weighted by Gasteiger charge is 2.20. The molecule has 0 fully saturated rings. The average Bonchev–Trinajstić information content (AvgIpc) is 3.43. The Kier molecular flexibility index (Phi) is 4.81. The van der Waals surface area contributed by atoms with Crippen molar-refractivity contribution in [2.75, 3.05) is 0 Å². The Morgan fingerprint density at radius 2 is 1.80 bits per heavy atom. The van der Waals surface area contributed by atoms with E-state index in [1.165, 1.54) is 27.7 Å². The van der Waals surface area contributed by atoms with Crippen LogP contribution in [0.15, 0.2) is 84.2 Å². The Morgan fingerprint density at radius 3 is 2.67 bits per heavy atom. The van der Waals surface area contributed by atoms with Crippen LogP contribution in [0, 0.1) is 0 Å². The number of imidazole rings is 1. The molecular formula is C25H21N3OS. The Labute approximate surface area is 178 Å². The number of hydrogen-bond acceptors (Lipinski definition) is 3. The summed E-state index contributed by atoms with van der Waals surface area (Å²) in [5, 5.41) is 7.48. The number of carbonyl (C=O) groups excluding carboxylic acids is 1. The van der Waals surface area contributed by atoms with Gasteiger partial charge in [-0.15, -0.1) is 11.3 Å². The van der Waals surface area contributed by atoms with E-state index in [-0.39, 0.29) is 11.9 Å². The standard InChI is InChI=1S/C25H21N3OS/c1-17(26-25(29)23-14-7-15-30-23)24-27-21-12-4-5-13-22(21)28(24)16-19-10-6-9-18-8-2-3-11-20(18)19/h2-15,17H,16H2,1H3,(H,26,29). The Morgan fingerprint density at radius 1 is 1.00 bits per heavy atom. The van der Waals surface area contributed by atoms with Gasteiger partial charge in [0.1, 0.15) is 5.82 Å². The molecule has 0 saturated heterocycles. The van der Waals surface area contributed by atoms with Gasteiger partial charge in [-0.2, -0.15) is 0 Å². The van der Waals surface area contributed by atoms with Crippen molar-refractivity contribution in [3.63, 3.8) is 0 Å². The highest BCUT2D eigenvalue weighted by atomic mass is 32.1. The smallest absolute Gasteiger partial charge is 0.261 e. The number of thiophene rings is 1. The lowest BCUT2D eigenvalue weighted by Crippen LogP contribution is -2.28. The molecule has 0 bridgehead atoms. The molecule has 0 aliphatic rings. The first kappa shape index (κ1) is 18.6. The van der Waals surface area contributed by atoms with Crippen molar-refractivity contribution in [1.29, 1.82) is 0 Å². The van der Waals surface area contributed by atoms with Gasteiger partial charge in [-0.1, -0.05) is 60.7 Å². The summed E-state index contributed by atoms with van der Waals surface area (Å²) in [6.45, 7) is 2.68. The Bertz CT molecular complexity index is 1330. The van der Waals surface area contributed by atoms with Crippen molar-refractivity contribution in [3.8, 4) is 0 Å². The van der Waals surface area contributed by atoms with Gasteiger partial charge in [0.25, 0.3) is 5.91 Å². The Hall–Kier alpha value is -3.44. The zero-order chi connectivity index (χ0) is 20.5. The monoisotopic (exact) mass is 411 g/mol. The molecule has 4 nitrogen and oxygen atoms in total. The molecular weight excluding hydrogens is 390 g/mol. The van der Waals surface area contributed by atoms with Crippen molar-refractivity contribution < 1.29 is 4.79 Å². The predicted octanol–water partition coefficient (Wildman–Crippen LogP) is 5.79. The highest BCUT2D eigenvalue weighted by molar-refractivity contribution is 7.12. The molecule has 5 heteroatoms. The average molecular weight is 412 g/mol. The van der Waals surface area contributed by atoms with Gasteiger partial charge in [0, 0.05) is 0 Å². The van der Waals surface area contributed by atoms with Crippen LogP contribution >= 0.6 is 11.3 Å². The van der Waals surface area contributed by atoms with E-state index in [9.17, 15) is 4.79 Å². The quantitative estimate of drug-likeness (QED) is 0.398. The maximum Gasteiger partial charge on any atom is 0.261 e. The van der Waals surface area contributed by atoms with Crippen LogP contribution in [-0.2, 0) is 6.54 Å². The number of nitrogens with zero attached hydrogens (tertiary/aromatic N) is 2. The summed E-state index contributed by atoms with van der Waals surface area (Å²) in [5.74, 6) is 0.787. The number of fused-ring (bicyclic) bond motifs is 2.